The van der Waals surface area contributed by atoms with Crippen molar-refractivity contribution in [1.82, 2.24) is 15.2 Å². The molecule has 0 radical (unpaired) electrons. The first-order valence-corrected chi connectivity index (χ1v) is 11.6. The fourth-order valence-electron chi connectivity index (χ4n) is 5.45. The molecule has 4 aliphatic rings. The molecule has 1 heterocycles. The first-order chi connectivity index (χ1) is 14.6. The first kappa shape index (κ1) is 19.6. The molecule has 0 saturated heterocycles. The van der Waals surface area contributed by atoms with Gasteiger partial charge >= 0.3 is 0 Å². The number of amides is 2. The summed E-state index contributed by atoms with van der Waals surface area (Å²) < 4.78 is 1.96. The zero-order valence-electron chi connectivity index (χ0n) is 17.4. The normalized spacial score (nSPS) is 27.9. The number of nitrogens with zero attached hydrogens (tertiary/aromatic N) is 1. The van der Waals surface area contributed by atoms with E-state index in [0.717, 1.165) is 44.9 Å². The van der Waals surface area contributed by atoms with E-state index in [1.54, 1.807) is 12.4 Å². The van der Waals surface area contributed by atoms with Crippen LogP contribution < -0.4 is 16.1 Å². The highest BCUT2D eigenvalue weighted by Gasteiger charge is 2.35. The van der Waals surface area contributed by atoms with Crippen molar-refractivity contribution in [2.45, 2.75) is 69.9 Å². The number of fused-ring (bicyclic) bond motifs is 2. The van der Waals surface area contributed by atoms with Crippen LogP contribution in [0.1, 0.15) is 84.5 Å². The van der Waals surface area contributed by atoms with E-state index in [0.29, 0.717) is 24.3 Å². The fourth-order valence-corrected chi connectivity index (χ4v) is 5.45. The lowest BCUT2D eigenvalue weighted by atomic mass is 9.93. The van der Waals surface area contributed by atoms with Gasteiger partial charge in [-0.2, -0.15) is 0 Å². The minimum atomic E-state index is -0.453. The largest absolute Gasteiger partial charge is 0.352 e. The summed E-state index contributed by atoms with van der Waals surface area (Å²) >= 11 is 0. The molecule has 0 spiro atoms. The highest BCUT2D eigenvalue weighted by atomic mass is 16.2. The third kappa shape index (κ3) is 3.96. The van der Waals surface area contributed by atoms with E-state index >= 15 is 0 Å². The average Bonchev–Trinajstić information content (AvgIpc) is 3.32. The van der Waals surface area contributed by atoms with E-state index in [-0.39, 0.29) is 35.0 Å². The van der Waals surface area contributed by atoms with E-state index < -0.39 is 5.43 Å². The van der Waals surface area contributed by atoms with Crippen molar-refractivity contribution >= 4 is 11.8 Å². The second-order valence-corrected chi connectivity index (χ2v) is 9.65. The average molecular weight is 410 g/mol. The van der Waals surface area contributed by atoms with Crippen molar-refractivity contribution in [3.63, 3.8) is 0 Å². The number of pyridine rings is 1. The number of allylic oxidation sites excluding steroid dienone is 2. The molecule has 2 N–H and O–H groups in total. The first-order valence-electron chi connectivity index (χ1n) is 11.6. The van der Waals surface area contributed by atoms with Crippen LogP contribution in [0.2, 0.25) is 0 Å². The van der Waals surface area contributed by atoms with Gasteiger partial charge in [-0.15, -0.1) is 0 Å². The molecule has 0 aromatic carbocycles. The third-order valence-corrected chi connectivity index (χ3v) is 7.38. The molecule has 3 atom stereocenters. The number of aromatic nitrogens is 1. The molecule has 3 saturated carbocycles. The Morgan fingerprint density at radius 1 is 0.933 bits per heavy atom. The maximum Gasteiger partial charge on any atom is 0.256 e. The number of carbonyl (C=O) groups excluding carboxylic acids is 2. The summed E-state index contributed by atoms with van der Waals surface area (Å²) in [6.45, 7) is 0.589. The SMILES string of the molecule is O=C(NC[C@H]1C[C@@H]2C=C[C@H]1C2)c1cn(C2CCCCC2)cc(C(=O)NC2CC2)c1=O. The fraction of sp³-hybridized carbons (Fsp3) is 0.625. The van der Waals surface area contributed by atoms with Gasteiger partial charge in [0.25, 0.3) is 11.8 Å². The monoisotopic (exact) mass is 409 g/mol. The van der Waals surface area contributed by atoms with Crippen molar-refractivity contribution in [3.8, 4) is 0 Å². The van der Waals surface area contributed by atoms with E-state index in [1.807, 2.05) is 4.57 Å². The van der Waals surface area contributed by atoms with Crippen LogP contribution in [0, 0.1) is 17.8 Å². The molecule has 6 heteroatoms. The van der Waals surface area contributed by atoms with Crippen LogP contribution in [0.15, 0.2) is 29.3 Å². The molecule has 30 heavy (non-hydrogen) atoms. The number of carbonyl (C=O) groups is 2. The van der Waals surface area contributed by atoms with Gasteiger partial charge in [-0.25, -0.2) is 0 Å². The molecule has 160 valence electrons. The topological polar surface area (TPSA) is 80.2 Å². The lowest BCUT2D eigenvalue weighted by Crippen LogP contribution is -2.38. The molecule has 0 aliphatic heterocycles. The quantitative estimate of drug-likeness (QED) is 0.708. The van der Waals surface area contributed by atoms with Gasteiger partial charge in [0.05, 0.1) is 0 Å². The second-order valence-electron chi connectivity index (χ2n) is 9.65. The highest BCUT2D eigenvalue weighted by molar-refractivity contribution is 5.99. The van der Waals surface area contributed by atoms with Crippen molar-refractivity contribution < 1.29 is 9.59 Å². The Bertz CT molecular complexity index is 924. The summed E-state index contributed by atoms with van der Waals surface area (Å²) in [6.07, 6.45) is 17.7. The Morgan fingerprint density at radius 2 is 1.67 bits per heavy atom. The zero-order valence-corrected chi connectivity index (χ0v) is 17.4. The lowest BCUT2D eigenvalue weighted by molar-refractivity contribution is 0.0942. The molecule has 5 rings (SSSR count). The molecule has 1 aromatic rings. The summed E-state index contributed by atoms with van der Waals surface area (Å²) in [5, 5.41) is 5.91. The van der Waals surface area contributed by atoms with Gasteiger partial charge in [0.1, 0.15) is 11.1 Å². The van der Waals surface area contributed by atoms with Gasteiger partial charge in [0, 0.05) is 31.0 Å². The Kier molecular flexibility index (Phi) is 5.25. The number of hydrogen-bond acceptors (Lipinski definition) is 3. The van der Waals surface area contributed by atoms with Gasteiger partial charge < -0.3 is 15.2 Å². The molecule has 4 aliphatic carbocycles. The van der Waals surface area contributed by atoms with Crippen molar-refractivity contribution in [3.05, 3.63) is 45.9 Å². The lowest BCUT2D eigenvalue weighted by Gasteiger charge is -2.26. The minimum absolute atomic E-state index is 0.0997. The molecular weight excluding hydrogens is 378 g/mol. The van der Waals surface area contributed by atoms with Crippen LogP contribution in [0.5, 0.6) is 0 Å². The molecule has 0 unspecified atom stereocenters. The second kappa shape index (κ2) is 8.05. The van der Waals surface area contributed by atoms with E-state index in [9.17, 15) is 14.4 Å². The summed E-state index contributed by atoms with van der Waals surface area (Å²) in [7, 11) is 0. The van der Waals surface area contributed by atoms with Gasteiger partial charge in [-0.05, 0) is 56.3 Å². The van der Waals surface area contributed by atoms with Crippen LogP contribution in [0.3, 0.4) is 0 Å². The smallest absolute Gasteiger partial charge is 0.256 e. The summed E-state index contributed by atoms with van der Waals surface area (Å²) in [6, 6.07) is 0.414. The maximum absolute atomic E-state index is 13.1. The van der Waals surface area contributed by atoms with Crippen LogP contribution in [0.25, 0.3) is 0 Å². The molecular formula is C24H31N3O3. The van der Waals surface area contributed by atoms with Gasteiger partial charge in [-0.1, -0.05) is 31.4 Å². The van der Waals surface area contributed by atoms with E-state index in [2.05, 4.69) is 22.8 Å². The van der Waals surface area contributed by atoms with Crippen LogP contribution in [0.4, 0.5) is 0 Å². The Hall–Kier alpha value is -2.37. The van der Waals surface area contributed by atoms with Crippen LogP contribution in [-0.2, 0) is 0 Å². The molecule has 2 amide bonds. The standard InChI is InChI=1S/C24H31N3O3/c28-22-20(23(29)25-12-17-11-15-6-7-16(17)10-15)13-27(19-4-2-1-3-5-19)14-21(22)24(30)26-18-8-9-18/h6-7,13-19H,1-5,8-12H2,(H,25,29)(H,26,30)/t15-,16+,17-/m1/s1. The Labute approximate surface area is 177 Å². The Balaban J connectivity index is 1.38. The number of hydrogen-bond donors (Lipinski definition) is 2. The van der Waals surface area contributed by atoms with Gasteiger partial charge in [0.15, 0.2) is 0 Å². The van der Waals surface area contributed by atoms with Crippen LogP contribution >= 0.6 is 0 Å². The van der Waals surface area contributed by atoms with Crippen molar-refractivity contribution in [2.75, 3.05) is 6.54 Å². The highest BCUT2D eigenvalue weighted by Crippen LogP contribution is 2.43. The Morgan fingerprint density at radius 3 is 2.30 bits per heavy atom. The number of nitrogens with one attached hydrogen (secondary N) is 2. The maximum atomic E-state index is 13.1. The van der Waals surface area contributed by atoms with E-state index in [4.69, 9.17) is 0 Å². The van der Waals surface area contributed by atoms with Crippen molar-refractivity contribution in [2.24, 2.45) is 17.8 Å². The summed E-state index contributed by atoms with van der Waals surface area (Å²) in [5.74, 6) is 0.947. The van der Waals surface area contributed by atoms with E-state index in [1.165, 1.54) is 12.8 Å². The predicted molar refractivity (Wildman–Crippen MR) is 114 cm³/mol. The molecule has 6 nitrogen and oxygen atoms in total. The number of rotatable bonds is 6. The van der Waals surface area contributed by atoms with Gasteiger partial charge in [-0.3, -0.25) is 14.4 Å². The van der Waals surface area contributed by atoms with Crippen LogP contribution in [-0.4, -0.2) is 29.0 Å². The zero-order chi connectivity index (χ0) is 20.7. The van der Waals surface area contributed by atoms with Crippen molar-refractivity contribution in [1.29, 1.82) is 0 Å². The molecule has 3 fully saturated rings. The van der Waals surface area contributed by atoms with Gasteiger partial charge in [0.2, 0.25) is 5.43 Å². The molecule has 1 aromatic heterocycles. The minimum Gasteiger partial charge on any atom is -0.352 e. The summed E-state index contributed by atoms with van der Waals surface area (Å²) in [4.78, 5) is 38.8. The predicted octanol–water partition coefficient (Wildman–Crippen LogP) is 3.19. The summed E-state index contributed by atoms with van der Waals surface area (Å²) in [5.41, 5.74) is -0.253. The third-order valence-electron chi connectivity index (χ3n) is 7.38. The molecule has 2 bridgehead atoms.